The Balaban J connectivity index is 1.77. The lowest BCUT2D eigenvalue weighted by Gasteiger charge is -2.36. The minimum atomic E-state index is -0.199. The summed E-state index contributed by atoms with van der Waals surface area (Å²) in [4.78, 5) is 27.7. The van der Waals surface area contributed by atoms with Crippen LogP contribution >= 0.6 is 0 Å². The molecule has 0 saturated carbocycles. The monoisotopic (exact) mass is 244 g/mol. The molecule has 0 N–H and O–H groups in total. The zero-order valence-electron chi connectivity index (χ0n) is 10.2. The van der Waals surface area contributed by atoms with Gasteiger partial charge in [0.2, 0.25) is 11.8 Å². The first-order valence-corrected chi connectivity index (χ1v) is 6.38. The number of hydrogen-bond donors (Lipinski definition) is 0. The van der Waals surface area contributed by atoms with Crippen LogP contribution in [0.5, 0.6) is 0 Å². The lowest BCUT2D eigenvalue weighted by molar-refractivity contribution is -0.154. The summed E-state index contributed by atoms with van der Waals surface area (Å²) in [5.74, 6) is 0.198. The van der Waals surface area contributed by atoms with Crippen molar-refractivity contribution in [2.45, 2.75) is 25.4 Å². The Hall–Kier alpha value is -1.84. The van der Waals surface area contributed by atoms with E-state index in [-0.39, 0.29) is 24.4 Å². The Labute approximate surface area is 106 Å². The predicted octanol–water partition coefficient (Wildman–Crippen LogP) is 1.02. The smallest absolute Gasteiger partial charge is 0.246 e. The molecule has 4 nitrogen and oxygen atoms in total. The molecule has 0 bridgehead atoms. The second-order valence-electron chi connectivity index (χ2n) is 4.93. The number of benzene rings is 1. The highest BCUT2D eigenvalue weighted by Crippen LogP contribution is 2.24. The largest absolute Gasteiger partial charge is 0.329 e. The fraction of sp³-hybridized carbons (Fsp3) is 0.429. The number of carbonyl (C=O) groups is 2. The van der Waals surface area contributed by atoms with Gasteiger partial charge in [-0.3, -0.25) is 9.59 Å². The summed E-state index contributed by atoms with van der Waals surface area (Å²) in [6.45, 7) is 1.51. The molecule has 2 aliphatic rings. The Kier molecular flexibility index (Phi) is 2.78. The molecule has 1 aromatic rings. The van der Waals surface area contributed by atoms with E-state index in [2.05, 4.69) is 0 Å². The Morgan fingerprint density at radius 2 is 1.94 bits per heavy atom. The second-order valence-corrected chi connectivity index (χ2v) is 4.93. The average molecular weight is 244 g/mol. The zero-order valence-corrected chi connectivity index (χ0v) is 10.2. The SMILES string of the molecule is O=C1[C@H]2CCCN2C(=O)CN1Cc1ccccc1. The summed E-state index contributed by atoms with van der Waals surface area (Å²) >= 11 is 0. The molecule has 1 atom stereocenters. The standard InChI is InChI=1S/C14H16N2O2/c17-13-10-15(9-11-5-2-1-3-6-11)14(18)12-7-4-8-16(12)13/h1-3,5-6,12H,4,7-10H2/t12-/m1/s1. The van der Waals surface area contributed by atoms with E-state index in [9.17, 15) is 9.59 Å². The first kappa shape index (κ1) is 11.3. The molecular formula is C14H16N2O2. The van der Waals surface area contributed by atoms with Crippen LogP contribution in [0.3, 0.4) is 0 Å². The highest BCUT2D eigenvalue weighted by atomic mass is 16.2. The van der Waals surface area contributed by atoms with Crippen molar-refractivity contribution in [1.82, 2.24) is 9.80 Å². The minimum Gasteiger partial charge on any atom is -0.329 e. The van der Waals surface area contributed by atoms with E-state index < -0.39 is 0 Å². The third-order valence-electron chi connectivity index (χ3n) is 3.71. The van der Waals surface area contributed by atoms with Gasteiger partial charge in [0.15, 0.2) is 0 Å². The van der Waals surface area contributed by atoms with Crippen LogP contribution < -0.4 is 0 Å². The van der Waals surface area contributed by atoms with Gasteiger partial charge in [-0.2, -0.15) is 0 Å². The van der Waals surface area contributed by atoms with E-state index in [0.29, 0.717) is 6.54 Å². The number of piperazine rings is 1. The van der Waals surface area contributed by atoms with Crippen LogP contribution in [0.2, 0.25) is 0 Å². The van der Waals surface area contributed by atoms with Crippen molar-refractivity contribution in [2.24, 2.45) is 0 Å². The van der Waals surface area contributed by atoms with E-state index in [1.54, 1.807) is 9.80 Å². The van der Waals surface area contributed by atoms with Crippen molar-refractivity contribution in [3.8, 4) is 0 Å². The molecule has 0 radical (unpaired) electrons. The molecule has 94 valence electrons. The first-order chi connectivity index (χ1) is 8.75. The third kappa shape index (κ3) is 1.88. The fourth-order valence-electron chi connectivity index (χ4n) is 2.80. The van der Waals surface area contributed by atoms with Gasteiger partial charge in [0, 0.05) is 13.1 Å². The van der Waals surface area contributed by atoms with Crippen molar-refractivity contribution in [2.75, 3.05) is 13.1 Å². The Morgan fingerprint density at radius 1 is 1.17 bits per heavy atom. The van der Waals surface area contributed by atoms with E-state index in [0.717, 1.165) is 24.9 Å². The van der Waals surface area contributed by atoms with Crippen LogP contribution in [0.1, 0.15) is 18.4 Å². The molecule has 1 aromatic carbocycles. The van der Waals surface area contributed by atoms with Gasteiger partial charge < -0.3 is 9.80 Å². The summed E-state index contributed by atoms with van der Waals surface area (Å²) in [6.07, 6.45) is 1.76. The molecular weight excluding hydrogens is 228 g/mol. The van der Waals surface area contributed by atoms with Gasteiger partial charge in [-0.1, -0.05) is 30.3 Å². The zero-order chi connectivity index (χ0) is 12.5. The maximum Gasteiger partial charge on any atom is 0.246 e. The molecule has 0 aromatic heterocycles. The van der Waals surface area contributed by atoms with Crippen LogP contribution in [-0.2, 0) is 16.1 Å². The number of nitrogens with zero attached hydrogens (tertiary/aromatic N) is 2. The molecule has 3 rings (SSSR count). The highest BCUT2D eigenvalue weighted by Gasteiger charge is 2.41. The number of fused-ring (bicyclic) bond motifs is 1. The molecule has 0 unspecified atom stereocenters. The Morgan fingerprint density at radius 3 is 2.72 bits per heavy atom. The lowest BCUT2D eigenvalue weighted by atomic mass is 10.1. The Bertz CT molecular complexity index is 472. The highest BCUT2D eigenvalue weighted by molar-refractivity contribution is 5.95. The van der Waals surface area contributed by atoms with Gasteiger partial charge in [0.25, 0.3) is 0 Å². The van der Waals surface area contributed by atoms with Crippen LogP contribution in [0, 0.1) is 0 Å². The second kappa shape index (κ2) is 4.44. The van der Waals surface area contributed by atoms with Crippen LogP contribution in [0.4, 0.5) is 0 Å². The molecule has 2 heterocycles. The third-order valence-corrected chi connectivity index (χ3v) is 3.71. The van der Waals surface area contributed by atoms with Gasteiger partial charge in [-0.25, -0.2) is 0 Å². The van der Waals surface area contributed by atoms with Crippen molar-refractivity contribution in [3.05, 3.63) is 35.9 Å². The maximum atomic E-state index is 12.3. The molecule has 0 spiro atoms. The number of amides is 2. The van der Waals surface area contributed by atoms with Crippen molar-refractivity contribution >= 4 is 11.8 Å². The van der Waals surface area contributed by atoms with E-state index in [1.807, 2.05) is 30.3 Å². The van der Waals surface area contributed by atoms with Crippen LogP contribution in [0.25, 0.3) is 0 Å². The average Bonchev–Trinajstić information content (AvgIpc) is 2.87. The molecule has 0 aliphatic carbocycles. The summed E-state index contributed by atoms with van der Waals surface area (Å²) in [7, 11) is 0. The quantitative estimate of drug-likeness (QED) is 0.779. The number of hydrogen-bond acceptors (Lipinski definition) is 2. The lowest BCUT2D eigenvalue weighted by Crippen LogP contribution is -2.56. The first-order valence-electron chi connectivity index (χ1n) is 6.38. The molecule has 2 amide bonds. The van der Waals surface area contributed by atoms with Gasteiger partial charge in [-0.05, 0) is 18.4 Å². The van der Waals surface area contributed by atoms with Gasteiger partial charge in [0.05, 0.1) is 0 Å². The van der Waals surface area contributed by atoms with E-state index >= 15 is 0 Å². The minimum absolute atomic E-state index is 0.0908. The van der Waals surface area contributed by atoms with Crippen LogP contribution in [0.15, 0.2) is 30.3 Å². The predicted molar refractivity (Wildman–Crippen MR) is 66.6 cm³/mol. The van der Waals surface area contributed by atoms with Gasteiger partial charge in [-0.15, -0.1) is 0 Å². The van der Waals surface area contributed by atoms with E-state index in [4.69, 9.17) is 0 Å². The van der Waals surface area contributed by atoms with Crippen molar-refractivity contribution in [1.29, 1.82) is 0 Å². The number of rotatable bonds is 2. The summed E-state index contributed by atoms with van der Waals surface area (Å²) in [5.41, 5.74) is 1.07. The fourth-order valence-corrected chi connectivity index (χ4v) is 2.80. The molecule has 4 heteroatoms. The van der Waals surface area contributed by atoms with E-state index in [1.165, 1.54) is 0 Å². The molecule has 2 saturated heterocycles. The summed E-state index contributed by atoms with van der Waals surface area (Å²) < 4.78 is 0. The molecule has 18 heavy (non-hydrogen) atoms. The van der Waals surface area contributed by atoms with Crippen LogP contribution in [-0.4, -0.2) is 40.7 Å². The van der Waals surface area contributed by atoms with Crippen molar-refractivity contribution in [3.63, 3.8) is 0 Å². The maximum absolute atomic E-state index is 12.3. The summed E-state index contributed by atoms with van der Waals surface area (Å²) in [6, 6.07) is 9.62. The normalized spacial score (nSPS) is 23.4. The summed E-state index contributed by atoms with van der Waals surface area (Å²) in [5, 5.41) is 0. The van der Waals surface area contributed by atoms with Gasteiger partial charge in [0.1, 0.15) is 12.6 Å². The molecule has 2 aliphatic heterocycles. The molecule has 2 fully saturated rings. The van der Waals surface area contributed by atoms with Gasteiger partial charge >= 0.3 is 0 Å². The van der Waals surface area contributed by atoms with Crippen molar-refractivity contribution < 1.29 is 9.59 Å². The number of carbonyl (C=O) groups excluding carboxylic acids is 2. The topological polar surface area (TPSA) is 40.6 Å².